The molecule has 0 saturated carbocycles. The predicted molar refractivity (Wildman–Crippen MR) is 192 cm³/mol. The molecule has 4 aromatic carbocycles. The van der Waals surface area contributed by atoms with Crippen molar-refractivity contribution in [3.8, 4) is 0 Å². The van der Waals surface area contributed by atoms with Crippen molar-refractivity contribution in [1.82, 2.24) is 14.7 Å². The summed E-state index contributed by atoms with van der Waals surface area (Å²) in [4.78, 5) is 48.7. The second-order valence-electron chi connectivity index (χ2n) is 13.2. The lowest BCUT2D eigenvalue weighted by molar-refractivity contribution is -0.168. The highest BCUT2D eigenvalue weighted by atomic mass is 19.4. The highest BCUT2D eigenvalue weighted by Gasteiger charge is 2.58. The minimum absolute atomic E-state index is 0.0838. The number of carbonyl (C=O) groups excluding carboxylic acids is 3. The van der Waals surface area contributed by atoms with Crippen LogP contribution in [0.3, 0.4) is 0 Å². The van der Waals surface area contributed by atoms with E-state index in [4.69, 9.17) is 9.47 Å². The van der Waals surface area contributed by atoms with Crippen LogP contribution in [0.1, 0.15) is 28.3 Å². The summed E-state index contributed by atoms with van der Waals surface area (Å²) >= 11 is 0. The molecule has 0 spiro atoms. The monoisotopic (exact) mass is 724 g/mol. The van der Waals surface area contributed by atoms with Crippen molar-refractivity contribution in [2.75, 3.05) is 44.3 Å². The first-order valence-electron chi connectivity index (χ1n) is 17.6. The first kappa shape index (κ1) is 35.8. The third-order valence-corrected chi connectivity index (χ3v) is 9.97. The number of hydrogen-bond donors (Lipinski definition) is 0. The van der Waals surface area contributed by atoms with Gasteiger partial charge in [0.05, 0.1) is 30.9 Å². The normalized spacial score (nSPS) is 21.2. The lowest BCUT2D eigenvalue weighted by Crippen LogP contribution is -2.75. The van der Waals surface area contributed by atoms with Crippen LogP contribution in [0.5, 0.6) is 0 Å². The maximum absolute atomic E-state index is 14.5. The number of β-lactam (4-membered cyclic amide) rings is 1. The van der Waals surface area contributed by atoms with Gasteiger partial charge in [-0.15, -0.1) is 0 Å². The molecule has 12 heteroatoms. The molecule has 274 valence electrons. The van der Waals surface area contributed by atoms with Gasteiger partial charge in [-0.2, -0.15) is 13.2 Å². The molecular formula is C41H39F3N4O5. The van der Waals surface area contributed by atoms with Crippen LogP contribution in [-0.4, -0.2) is 90.1 Å². The molecule has 0 radical (unpaired) electrons. The van der Waals surface area contributed by atoms with Crippen molar-refractivity contribution in [2.45, 2.75) is 37.0 Å². The Labute approximate surface area is 305 Å². The number of likely N-dealkylation sites (tertiary alicyclic amines) is 1. The number of carbonyl (C=O) groups is 3. The standard InChI is InChI=1S/C41H39F3N4O5/c42-41(43,44)32-17-10-18-33(25-32)45-21-23-46(24-22-45)38(49)36(27-52-26-30-13-6-2-7-14-30)47-34(20-19-29-11-4-1-5-12-29)37(39(47)50)48-35(28-53-40(48)51)31-15-8-3-9-16-31/h1-20,25,34-37H,21-24,26-28H2/b20-19+/t34-,35-,36?,37+/m1/s1. The summed E-state index contributed by atoms with van der Waals surface area (Å²) in [5.41, 5.74) is 2.29. The Hall–Kier alpha value is -5.62. The fraction of sp³-hybridized carbons (Fsp3) is 0.293. The molecule has 4 aromatic rings. The van der Waals surface area contributed by atoms with Crippen LogP contribution in [0.4, 0.5) is 23.7 Å². The summed E-state index contributed by atoms with van der Waals surface area (Å²) < 4.78 is 51.9. The molecule has 0 N–H and O–H groups in total. The number of amides is 3. The molecule has 7 rings (SSSR count). The maximum atomic E-state index is 14.5. The molecule has 3 aliphatic heterocycles. The number of piperazine rings is 1. The van der Waals surface area contributed by atoms with Crippen molar-refractivity contribution in [2.24, 2.45) is 0 Å². The third kappa shape index (κ3) is 7.78. The summed E-state index contributed by atoms with van der Waals surface area (Å²) in [6.45, 7) is 1.25. The smallest absolute Gasteiger partial charge is 0.416 e. The van der Waals surface area contributed by atoms with Crippen molar-refractivity contribution >= 4 is 29.7 Å². The molecule has 0 aliphatic carbocycles. The molecule has 3 amide bonds. The van der Waals surface area contributed by atoms with Gasteiger partial charge in [0.15, 0.2) is 0 Å². The van der Waals surface area contributed by atoms with E-state index in [0.717, 1.165) is 28.8 Å². The van der Waals surface area contributed by atoms with Gasteiger partial charge in [-0.3, -0.25) is 14.5 Å². The highest BCUT2D eigenvalue weighted by Crippen LogP contribution is 2.39. The number of hydrogen-bond acceptors (Lipinski definition) is 6. The van der Waals surface area contributed by atoms with E-state index in [-0.39, 0.29) is 38.8 Å². The van der Waals surface area contributed by atoms with E-state index >= 15 is 0 Å². The van der Waals surface area contributed by atoms with Crippen LogP contribution in [0.2, 0.25) is 0 Å². The first-order chi connectivity index (χ1) is 25.7. The maximum Gasteiger partial charge on any atom is 0.416 e. The van der Waals surface area contributed by atoms with E-state index in [1.165, 1.54) is 15.9 Å². The largest absolute Gasteiger partial charge is 0.447 e. The minimum atomic E-state index is -4.47. The first-order valence-corrected chi connectivity index (χ1v) is 17.6. The van der Waals surface area contributed by atoms with E-state index in [2.05, 4.69) is 0 Å². The summed E-state index contributed by atoms with van der Waals surface area (Å²) in [5.74, 6) is -0.743. The number of ether oxygens (including phenoxy) is 2. The molecule has 4 atom stereocenters. The number of halogens is 3. The number of rotatable bonds is 11. The molecule has 1 unspecified atom stereocenters. The Kier molecular flexibility index (Phi) is 10.5. The zero-order valence-corrected chi connectivity index (χ0v) is 28.8. The van der Waals surface area contributed by atoms with Crippen LogP contribution < -0.4 is 4.90 Å². The fourth-order valence-electron chi connectivity index (χ4n) is 7.21. The van der Waals surface area contributed by atoms with E-state index in [0.29, 0.717) is 18.8 Å². The highest BCUT2D eigenvalue weighted by molar-refractivity contribution is 5.98. The molecule has 3 aliphatic rings. The van der Waals surface area contributed by atoms with E-state index < -0.39 is 47.9 Å². The molecule has 3 saturated heterocycles. The second-order valence-corrected chi connectivity index (χ2v) is 13.2. The Morgan fingerprint density at radius 3 is 2.19 bits per heavy atom. The predicted octanol–water partition coefficient (Wildman–Crippen LogP) is 6.43. The number of alkyl halides is 3. The quantitative estimate of drug-likeness (QED) is 0.166. The number of cyclic esters (lactones) is 1. The fourth-order valence-corrected chi connectivity index (χ4v) is 7.21. The number of anilines is 1. The molecule has 53 heavy (non-hydrogen) atoms. The summed E-state index contributed by atoms with van der Waals surface area (Å²) in [5, 5.41) is 0. The van der Waals surface area contributed by atoms with Gasteiger partial charge in [0.2, 0.25) is 11.8 Å². The SMILES string of the molecule is O=C(C(COCc1ccccc1)N1C(=O)[C@@H](N2C(=O)OC[C@@H]2c2ccccc2)[C@H]1/C=C/c1ccccc1)N1CCN(c2cccc(C(F)(F)F)c2)CC1. The Morgan fingerprint density at radius 2 is 1.51 bits per heavy atom. The summed E-state index contributed by atoms with van der Waals surface area (Å²) in [6, 6.07) is 30.4. The van der Waals surface area contributed by atoms with Crippen LogP contribution in [0, 0.1) is 0 Å². The van der Waals surface area contributed by atoms with E-state index in [1.807, 2.05) is 108 Å². The summed E-state index contributed by atoms with van der Waals surface area (Å²) in [6.07, 6.45) is -1.36. The van der Waals surface area contributed by atoms with Crippen molar-refractivity contribution in [3.05, 3.63) is 144 Å². The number of nitrogens with zero attached hydrogens (tertiary/aromatic N) is 4. The van der Waals surface area contributed by atoms with Crippen LogP contribution in [0.15, 0.2) is 121 Å². The molecule has 0 aromatic heterocycles. The minimum Gasteiger partial charge on any atom is -0.447 e. The van der Waals surface area contributed by atoms with Crippen molar-refractivity contribution < 1.29 is 37.0 Å². The lowest BCUT2D eigenvalue weighted by atomic mass is 9.88. The van der Waals surface area contributed by atoms with Gasteiger partial charge in [-0.05, 0) is 34.9 Å². The Bertz CT molecular complexity index is 1920. The van der Waals surface area contributed by atoms with Gasteiger partial charge in [-0.25, -0.2) is 4.79 Å². The molecule has 9 nitrogen and oxygen atoms in total. The lowest BCUT2D eigenvalue weighted by Gasteiger charge is -2.53. The average Bonchev–Trinajstić information content (AvgIpc) is 3.56. The third-order valence-electron chi connectivity index (χ3n) is 9.97. The van der Waals surface area contributed by atoms with Gasteiger partial charge < -0.3 is 24.2 Å². The second kappa shape index (κ2) is 15.5. The molecule has 0 bridgehead atoms. The average molecular weight is 725 g/mol. The van der Waals surface area contributed by atoms with Gasteiger partial charge in [0.1, 0.15) is 18.7 Å². The van der Waals surface area contributed by atoms with Crippen molar-refractivity contribution in [1.29, 1.82) is 0 Å². The van der Waals surface area contributed by atoms with Crippen LogP contribution >= 0.6 is 0 Å². The summed E-state index contributed by atoms with van der Waals surface area (Å²) in [7, 11) is 0. The topological polar surface area (TPSA) is 82.6 Å². The molecule has 3 heterocycles. The van der Waals surface area contributed by atoms with Crippen LogP contribution in [-0.2, 0) is 31.8 Å². The Balaban J connectivity index is 1.16. The zero-order valence-electron chi connectivity index (χ0n) is 28.8. The zero-order chi connectivity index (χ0) is 37.0. The Morgan fingerprint density at radius 1 is 0.849 bits per heavy atom. The van der Waals surface area contributed by atoms with Gasteiger partial charge in [-0.1, -0.05) is 109 Å². The molecular weight excluding hydrogens is 685 g/mol. The van der Waals surface area contributed by atoms with Crippen molar-refractivity contribution in [3.63, 3.8) is 0 Å². The molecule has 3 fully saturated rings. The van der Waals surface area contributed by atoms with Gasteiger partial charge in [0, 0.05) is 31.9 Å². The van der Waals surface area contributed by atoms with Gasteiger partial charge >= 0.3 is 12.3 Å². The van der Waals surface area contributed by atoms with E-state index in [9.17, 15) is 27.6 Å². The van der Waals surface area contributed by atoms with Gasteiger partial charge in [0.25, 0.3) is 0 Å². The van der Waals surface area contributed by atoms with Crippen LogP contribution in [0.25, 0.3) is 6.08 Å². The van der Waals surface area contributed by atoms with E-state index in [1.54, 1.807) is 11.0 Å². The number of benzene rings is 4.